The van der Waals surface area contributed by atoms with Gasteiger partial charge in [-0.25, -0.2) is 9.37 Å². The van der Waals surface area contributed by atoms with Crippen molar-refractivity contribution in [1.29, 1.82) is 0 Å². The van der Waals surface area contributed by atoms with Crippen molar-refractivity contribution in [3.05, 3.63) is 69.5 Å². The minimum absolute atomic E-state index is 0.0571. The van der Waals surface area contributed by atoms with E-state index in [1.807, 2.05) is 25.1 Å². The van der Waals surface area contributed by atoms with Crippen molar-refractivity contribution in [3.8, 4) is 10.6 Å². The number of hydrogen-bond donors (Lipinski definition) is 1. The summed E-state index contributed by atoms with van der Waals surface area (Å²) in [7, 11) is 0. The number of thioether (sulfide) groups is 1. The van der Waals surface area contributed by atoms with Crippen molar-refractivity contribution in [3.63, 3.8) is 0 Å². The van der Waals surface area contributed by atoms with Gasteiger partial charge in [-0.2, -0.15) is 13.2 Å². The van der Waals surface area contributed by atoms with Gasteiger partial charge in [-0.05, 0) is 49.2 Å². The van der Waals surface area contributed by atoms with E-state index in [0.717, 1.165) is 33.2 Å². The Morgan fingerprint density at radius 2 is 1.90 bits per heavy atom. The van der Waals surface area contributed by atoms with Crippen molar-refractivity contribution in [2.24, 2.45) is 0 Å². The number of rotatable bonds is 6. The van der Waals surface area contributed by atoms with Crippen LogP contribution >= 0.6 is 23.1 Å². The molecule has 9 heteroatoms. The third kappa shape index (κ3) is 5.40. The second kappa shape index (κ2) is 8.77. The molecule has 0 fully saturated rings. The number of aromatic nitrogens is 1. The molecule has 0 saturated carbocycles. The Hall–Kier alpha value is -2.39. The van der Waals surface area contributed by atoms with Gasteiger partial charge in [0, 0.05) is 21.1 Å². The van der Waals surface area contributed by atoms with E-state index < -0.39 is 23.5 Å². The molecule has 0 aliphatic carbocycles. The summed E-state index contributed by atoms with van der Waals surface area (Å²) in [4.78, 5) is 17.2. The molecule has 0 saturated heterocycles. The van der Waals surface area contributed by atoms with Gasteiger partial charge in [-0.15, -0.1) is 23.1 Å². The summed E-state index contributed by atoms with van der Waals surface area (Å²) in [6.45, 7) is 3.69. The van der Waals surface area contributed by atoms with Gasteiger partial charge in [0.25, 0.3) is 0 Å². The fourth-order valence-electron chi connectivity index (χ4n) is 2.90. The second-order valence-electron chi connectivity index (χ2n) is 6.73. The van der Waals surface area contributed by atoms with Crippen molar-refractivity contribution < 1.29 is 27.5 Å². The molecule has 1 heterocycles. The highest BCUT2D eigenvalue weighted by molar-refractivity contribution is 7.98. The molecular formula is C21H17F4NO2S2. The van der Waals surface area contributed by atoms with E-state index in [-0.39, 0.29) is 6.42 Å². The molecule has 0 aliphatic rings. The Labute approximate surface area is 178 Å². The monoisotopic (exact) mass is 455 g/mol. The zero-order valence-electron chi connectivity index (χ0n) is 16.0. The number of hydrogen-bond acceptors (Lipinski definition) is 4. The smallest absolute Gasteiger partial charge is 0.419 e. The maximum Gasteiger partial charge on any atom is 0.419 e. The number of carbonyl (C=O) groups is 1. The molecule has 1 N–H and O–H groups in total. The van der Waals surface area contributed by atoms with Crippen LogP contribution in [-0.2, 0) is 23.1 Å². The molecule has 3 rings (SSSR count). The van der Waals surface area contributed by atoms with Crippen LogP contribution in [0.15, 0.2) is 41.3 Å². The highest BCUT2D eigenvalue weighted by Crippen LogP contribution is 2.36. The van der Waals surface area contributed by atoms with E-state index in [9.17, 15) is 22.4 Å². The average Bonchev–Trinajstić information content (AvgIpc) is 2.98. The number of nitrogens with zero attached hydrogens (tertiary/aromatic N) is 1. The third-order valence-corrected chi connectivity index (χ3v) is 6.64. The first kappa shape index (κ1) is 22.3. The zero-order valence-corrected chi connectivity index (χ0v) is 17.6. The SMILES string of the molecule is Cc1cc(CC(=O)O)cc(SCc2sc(-c3ccc(C(F)(F)F)c(F)c3)nc2C)c1. The summed E-state index contributed by atoms with van der Waals surface area (Å²) < 4.78 is 52.1. The molecule has 0 radical (unpaired) electrons. The van der Waals surface area contributed by atoms with Crippen LogP contribution in [0.3, 0.4) is 0 Å². The number of alkyl halides is 3. The highest BCUT2D eigenvalue weighted by atomic mass is 32.2. The van der Waals surface area contributed by atoms with Crippen molar-refractivity contribution in [2.45, 2.75) is 37.1 Å². The first-order valence-corrected chi connectivity index (χ1v) is 10.6. The molecule has 3 nitrogen and oxygen atoms in total. The molecule has 30 heavy (non-hydrogen) atoms. The Bertz CT molecular complexity index is 1090. The van der Waals surface area contributed by atoms with Crippen LogP contribution < -0.4 is 0 Å². The predicted octanol–water partition coefficient (Wildman–Crippen LogP) is 6.50. The topological polar surface area (TPSA) is 50.2 Å². The van der Waals surface area contributed by atoms with Crippen LogP contribution in [-0.4, -0.2) is 16.1 Å². The van der Waals surface area contributed by atoms with Gasteiger partial charge in [0.1, 0.15) is 10.8 Å². The summed E-state index contributed by atoms with van der Waals surface area (Å²) in [5, 5.41) is 9.43. The van der Waals surface area contributed by atoms with Crippen molar-refractivity contribution >= 4 is 29.1 Å². The van der Waals surface area contributed by atoms with Gasteiger partial charge in [0.05, 0.1) is 17.7 Å². The van der Waals surface area contributed by atoms with Gasteiger partial charge < -0.3 is 5.11 Å². The summed E-state index contributed by atoms with van der Waals surface area (Å²) >= 11 is 2.81. The minimum Gasteiger partial charge on any atom is -0.481 e. The Balaban J connectivity index is 1.78. The largest absolute Gasteiger partial charge is 0.481 e. The van der Waals surface area contributed by atoms with E-state index >= 15 is 0 Å². The lowest BCUT2D eigenvalue weighted by molar-refractivity contribution is -0.140. The number of halogens is 4. The highest BCUT2D eigenvalue weighted by Gasteiger charge is 2.34. The number of benzene rings is 2. The average molecular weight is 455 g/mol. The maximum absolute atomic E-state index is 13.9. The lowest BCUT2D eigenvalue weighted by Crippen LogP contribution is -2.07. The van der Waals surface area contributed by atoms with Crippen LogP contribution in [0.2, 0.25) is 0 Å². The van der Waals surface area contributed by atoms with E-state index in [2.05, 4.69) is 4.98 Å². The van der Waals surface area contributed by atoms with Crippen molar-refractivity contribution in [1.82, 2.24) is 4.98 Å². The molecule has 3 aromatic rings. The van der Waals surface area contributed by atoms with Crippen LogP contribution in [0, 0.1) is 19.7 Å². The van der Waals surface area contributed by atoms with E-state index in [1.54, 1.807) is 6.92 Å². The quantitative estimate of drug-likeness (QED) is 0.340. The lowest BCUT2D eigenvalue weighted by Gasteiger charge is -2.08. The molecule has 0 bridgehead atoms. The summed E-state index contributed by atoms with van der Waals surface area (Å²) in [6, 6.07) is 8.42. The fraction of sp³-hybridized carbons (Fsp3) is 0.238. The van der Waals surface area contributed by atoms with E-state index in [4.69, 9.17) is 5.11 Å². The molecule has 0 atom stereocenters. The van der Waals surface area contributed by atoms with Gasteiger partial charge in [0.2, 0.25) is 0 Å². The number of aliphatic carboxylic acids is 1. The molecule has 158 valence electrons. The maximum atomic E-state index is 13.9. The van der Waals surface area contributed by atoms with Gasteiger partial charge in [0.15, 0.2) is 0 Å². The van der Waals surface area contributed by atoms with Gasteiger partial charge in [-0.1, -0.05) is 12.1 Å². The minimum atomic E-state index is -4.74. The number of carboxylic acid groups (broad SMARTS) is 1. The second-order valence-corrected chi connectivity index (χ2v) is 8.87. The predicted molar refractivity (Wildman–Crippen MR) is 109 cm³/mol. The van der Waals surface area contributed by atoms with Crippen LogP contribution in [0.25, 0.3) is 10.6 Å². The normalized spacial score (nSPS) is 11.7. The Kier molecular flexibility index (Phi) is 6.52. The third-order valence-electron chi connectivity index (χ3n) is 4.25. The standard InChI is InChI=1S/C21H17F4NO2S2/c1-11-5-13(8-19(27)28)7-15(6-11)29-10-18-12(2)26-20(30-18)14-3-4-16(17(22)9-14)21(23,24)25/h3-7,9H,8,10H2,1-2H3,(H,27,28). The van der Waals surface area contributed by atoms with Crippen LogP contribution in [0.5, 0.6) is 0 Å². The fourth-order valence-corrected chi connectivity index (χ4v) is 5.17. The molecular weight excluding hydrogens is 438 g/mol. The van der Waals surface area contributed by atoms with Crippen molar-refractivity contribution in [2.75, 3.05) is 0 Å². The van der Waals surface area contributed by atoms with Crippen LogP contribution in [0.1, 0.15) is 27.3 Å². The number of carboxylic acids is 1. The van der Waals surface area contributed by atoms with Gasteiger partial charge in [-0.3, -0.25) is 4.79 Å². The molecule has 0 amide bonds. The molecule has 0 spiro atoms. The van der Waals surface area contributed by atoms with Crippen LogP contribution in [0.4, 0.5) is 17.6 Å². The summed E-state index contributed by atoms with van der Waals surface area (Å²) in [5.41, 5.74) is 1.39. The summed E-state index contributed by atoms with van der Waals surface area (Å²) in [5.74, 6) is -1.67. The number of aryl methyl sites for hydroxylation is 2. The Morgan fingerprint density at radius 1 is 1.17 bits per heavy atom. The Morgan fingerprint density at radius 3 is 2.53 bits per heavy atom. The first-order valence-electron chi connectivity index (χ1n) is 8.81. The molecule has 2 aromatic carbocycles. The summed E-state index contributed by atoms with van der Waals surface area (Å²) in [6.07, 6.45) is -4.80. The molecule has 0 unspecified atom stereocenters. The van der Waals surface area contributed by atoms with Gasteiger partial charge >= 0.3 is 12.1 Å². The van der Waals surface area contributed by atoms with E-state index in [1.165, 1.54) is 29.2 Å². The zero-order chi connectivity index (χ0) is 22.1. The number of thiazole rings is 1. The first-order chi connectivity index (χ1) is 14.0. The molecule has 1 aromatic heterocycles. The van der Waals surface area contributed by atoms with E-state index in [0.29, 0.717) is 21.9 Å². The molecule has 0 aliphatic heterocycles. The lowest BCUT2D eigenvalue weighted by atomic mass is 10.1.